The fourth-order valence-corrected chi connectivity index (χ4v) is 3.10. The SMILES string of the molecule is Cc1nc([C@H](C)NC(=O)c2cc(Cl)cc(C(F)(F)C(F)(F)F)c2)n(-c2ccc(C#N)cn2)n1. The first kappa shape index (κ1) is 24.1. The number of nitrogens with zero attached hydrogens (tertiary/aromatic N) is 5. The molecule has 1 amide bonds. The number of amides is 1. The Labute approximate surface area is 188 Å². The van der Waals surface area contributed by atoms with Gasteiger partial charge < -0.3 is 5.32 Å². The highest BCUT2D eigenvalue weighted by molar-refractivity contribution is 6.31. The van der Waals surface area contributed by atoms with Crippen LogP contribution in [0.4, 0.5) is 22.0 Å². The lowest BCUT2D eigenvalue weighted by atomic mass is 10.0. The van der Waals surface area contributed by atoms with Crippen LogP contribution in [0.5, 0.6) is 0 Å². The zero-order valence-corrected chi connectivity index (χ0v) is 17.7. The number of benzene rings is 1. The van der Waals surface area contributed by atoms with Crippen LogP contribution in [0.25, 0.3) is 5.82 Å². The van der Waals surface area contributed by atoms with Crippen LogP contribution in [0, 0.1) is 18.3 Å². The molecule has 0 fully saturated rings. The van der Waals surface area contributed by atoms with E-state index in [9.17, 15) is 26.7 Å². The minimum absolute atomic E-state index is 0.209. The molecule has 0 unspecified atom stereocenters. The topological polar surface area (TPSA) is 96.5 Å². The number of aromatic nitrogens is 4. The zero-order chi connectivity index (χ0) is 24.6. The third-order valence-electron chi connectivity index (χ3n) is 4.45. The van der Waals surface area contributed by atoms with Crippen LogP contribution in [0.2, 0.25) is 5.02 Å². The van der Waals surface area contributed by atoms with Gasteiger partial charge in [-0.05, 0) is 44.2 Å². The van der Waals surface area contributed by atoms with Crippen molar-refractivity contribution < 1.29 is 26.7 Å². The number of aryl methyl sites for hydroxylation is 1. The number of alkyl halides is 5. The van der Waals surface area contributed by atoms with Gasteiger partial charge in [-0.3, -0.25) is 4.79 Å². The molecule has 0 saturated carbocycles. The third-order valence-corrected chi connectivity index (χ3v) is 4.66. The molecule has 3 aromatic rings. The Bertz CT molecular complexity index is 1230. The van der Waals surface area contributed by atoms with E-state index in [1.54, 1.807) is 6.92 Å². The van der Waals surface area contributed by atoms with Crippen molar-refractivity contribution in [3.63, 3.8) is 0 Å². The smallest absolute Gasteiger partial charge is 0.342 e. The molecule has 0 bridgehead atoms. The number of pyridine rings is 1. The second kappa shape index (κ2) is 8.74. The van der Waals surface area contributed by atoms with E-state index < -0.39 is 40.2 Å². The maximum absolute atomic E-state index is 13.7. The number of carbonyl (C=O) groups is 1. The summed E-state index contributed by atoms with van der Waals surface area (Å²) in [7, 11) is 0. The van der Waals surface area contributed by atoms with Gasteiger partial charge in [0.1, 0.15) is 11.9 Å². The summed E-state index contributed by atoms with van der Waals surface area (Å²) in [5.41, 5.74) is -1.64. The minimum atomic E-state index is -5.86. The third kappa shape index (κ3) is 4.93. The highest BCUT2D eigenvalue weighted by atomic mass is 35.5. The van der Waals surface area contributed by atoms with Crippen molar-refractivity contribution >= 4 is 17.5 Å². The average Bonchev–Trinajstić information content (AvgIpc) is 3.14. The van der Waals surface area contributed by atoms with Gasteiger partial charge in [-0.15, -0.1) is 5.10 Å². The number of halogens is 6. The normalized spacial score (nSPS) is 12.8. The van der Waals surface area contributed by atoms with E-state index in [2.05, 4.69) is 20.4 Å². The quantitative estimate of drug-likeness (QED) is 0.532. The van der Waals surface area contributed by atoms with Crippen molar-refractivity contribution in [1.82, 2.24) is 25.1 Å². The first-order valence-corrected chi connectivity index (χ1v) is 9.58. The molecule has 7 nitrogen and oxygen atoms in total. The van der Waals surface area contributed by atoms with E-state index in [4.69, 9.17) is 16.9 Å². The minimum Gasteiger partial charge on any atom is -0.342 e. The second-order valence-electron chi connectivity index (χ2n) is 6.94. The van der Waals surface area contributed by atoms with Gasteiger partial charge in [-0.1, -0.05) is 11.6 Å². The van der Waals surface area contributed by atoms with Crippen LogP contribution in [-0.2, 0) is 5.92 Å². The van der Waals surface area contributed by atoms with Crippen LogP contribution in [-0.4, -0.2) is 31.8 Å². The molecule has 1 N–H and O–H groups in total. The molecule has 0 aliphatic heterocycles. The molecule has 172 valence electrons. The summed E-state index contributed by atoms with van der Waals surface area (Å²) in [6.07, 6.45) is -4.55. The Morgan fingerprint density at radius 1 is 1.21 bits per heavy atom. The van der Waals surface area contributed by atoms with Gasteiger partial charge in [0.25, 0.3) is 5.91 Å². The van der Waals surface area contributed by atoms with E-state index in [1.165, 1.54) is 29.9 Å². The molecular weight excluding hydrogens is 471 g/mol. The number of rotatable bonds is 5. The summed E-state index contributed by atoms with van der Waals surface area (Å²) >= 11 is 5.70. The molecule has 2 aromatic heterocycles. The van der Waals surface area contributed by atoms with Gasteiger partial charge in [0.15, 0.2) is 11.6 Å². The summed E-state index contributed by atoms with van der Waals surface area (Å²) in [6.45, 7) is 3.10. The first-order valence-electron chi connectivity index (χ1n) is 9.20. The van der Waals surface area contributed by atoms with Gasteiger partial charge in [-0.2, -0.15) is 31.9 Å². The molecule has 33 heavy (non-hydrogen) atoms. The molecular formula is C20H14ClF5N6O. The van der Waals surface area contributed by atoms with Crippen LogP contribution in [0.3, 0.4) is 0 Å². The van der Waals surface area contributed by atoms with Crippen molar-refractivity contribution in [2.24, 2.45) is 0 Å². The lowest BCUT2D eigenvalue weighted by Crippen LogP contribution is -2.34. The molecule has 1 atom stereocenters. The van der Waals surface area contributed by atoms with Gasteiger partial charge in [0.2, 0.25) is 0 Å². The molecule has 0 saturated heterocycles. The predicted octanol–water partition coefficient (Wildman–Crippen LogP) is 4.64. The number of hydrogen-bond acceptors (Lipinski definition) is 5. The number of nitrogens with one attached hydrogen (secondary N) is 1. The monoisotopic (exact) mass is 484 g/mol. The second-order valence-corrected chi connectivity index (χ2v) is 7.38. The largest absolute Gasteiger partial charge is 0.458 e. The van der Waals surface area contributed by atoms with Crippen molar-refractivity contribution in [2.45, 2.75) is 32.0 Å². The van der Waals surface area contributed by atoms with E-state index >= 15 is 0 Å². The molecule has 0 aliphatic rings. The molecule has 0 spiro atoms. The van der Waals surface area contributed by atoms with Crippen LogP contribution >= 0.6 is 11.6 Å². The van der Waals surface area contributed by atoms with Gasteiger partial charge in [-0.25, -0.2) is 9.97 Å². The van der Waals surface area contributed by atoms with Crippen molar-refractivity contribution in [3.05, 3.63) is 69.9 Å². The van der Waals surface area contributed by atoms with E-state index in [0.29, 0.717) is 29.3 Å². The summed E-state index contributed by atoms with van der Waals surface area (Å²) < 4.78 is 67.0. The lowest BCUT2D eigenvalue weighted by molar-refractivity contribution is -0.289. The van der Waals surface area contributed by atoms with Crippen LogP contribution in [0.1, 0.15) is 46.1 Å². The Morgan fingerprint density at radius 3 is 2.48 bits per heavy atom. The molecule has 0 aliphatic carbocycles. The lowest BCUT2D eigenvalue weighted by Gasteiger charge is -2.21. The highest BCUT2D eigenvalue weighted by Crippen LogP contribution is 2.44. The maximum Gasteiger partial charge on any atom is 0.458 e. The number of carbonyl (C=O) groups excluding carboxylic acids is 1. The standard InChI is InChI=1S/C20H14ClF5N6O/c1-10(17-30-11(2)31-32(17)16-4-3-12(8-27)9-28-16)29-18(33)13-5-14(7-15(21)6-13)19(22,23)20(24,25)26/h3-7,9-10H,1-2H3,(H,29,33)/t10-/m0/s1. The van der Waals surface area contributed by atoms with E-state index in [-0.39, 0.29) is 5.82 Å². The fraction of sp³-hybridized carbons (Fsp3) is 0.250. The van der Waals surface area contributed by atoms with Gasteiger partial charge in [0.05, 0.1) is 11.6 Å². The van der Waals surface area contributed by atoms with E-state index in [1.807, 2.05) is 6.07 Å². The molecule has 13 heteroatoms. The van der Waals surface area contributed by atoms with Crippen LogP contribution in [0.15, 0.2) is 36.5 Å². The van der Waals surface area contributed by atoms with Crippen molar-refractivity contribution in [2.75, 3.05) is 0 Å². The average molecular weight is 485 g/mol. The molecule has 0 radical (unpaired) electrons. The number of nitriles is 1. The Hall–Kier alpha value is -3.59. The molecule has 3 rings (SSSR count). The van der Waals surface area contributed by atoms with E-state index in [0.717, 1.165) is 6.07 Å². The fourth-order valence-electron chi connectivity index (χ4n) is 2.87. The summed E-state index contributed by atoms with van der Waals surface area (Å²) in [5.74, 6) is -5.32. The van der Waals surface area contributed by atoms with Gasteiger partial charge in [0, 0.05) is 22.3 Å². The number of hydrogen-bond donors (Lipinski definition) is 1. The molecule has 2 heterocycles. The highest BCUT2D eigenvalue weighted by Gasteiger charge is 2.58. The Kier molecular flexibility index (Phi) is 6.37. The first-order chi connectivity index (χ1) is 15.3. The van der Waals surface area contributed by atoms with Crippen molar-refractivity contribution in [1.29, 1.82) is 5.26 Å². The van der Waals surface area contributed by atoms with Gasteiger partial charge >= 0.3 is 12.1 Å². The zero-order valence-electron chi connectivity index (χ0n) is 17.0. The molecule has 1 aromatic carbocycles. The maximum atomic E-state index is 13.7. The Morgan fingerprint density at radius 2 is 1.91 bits per heavy atom. The summed E-state index contributed by atoms with van der Waals surface area (Å²) in [4.78, 5) is 21.0. The van der Waals surface area contributed by atoms with Crippen LogP contribution < -0.4 is 5.32 Å². The summed E-state index contributed by atoms with van der Waals surface area (Å²) in [5, 5.41) is 15.1. The Balaban J connectivity index is 1.90. The predicted molar refractivity (Wildman–Crippen MR) is 106 cm³/mol. The summed E-state index contributed by atoms with van der Waals surface area (Å²) in [6, 6.07) is 5.92. The van der Waals surface area contributed by atoms with Crippen molar-refractivity contribution in [3.8, 4) is 11.9 Å².